The standard InChI is InChI=1S/C23H20N2O3S/c1-17(20-11-7-18(15-24)8-12-20)25-23(26)21-13-9-19(10-14-21)16-29(27,28)22-5-3-2-4-6-22/h2-14,17H,16H2,1H3,(H,25,26). The van der Waals surface area contributed by atoms with Crippen molar-refractivity contribution in [2.45, 2.75) is 23.6 Å². The maximum atomic E-state index is 12.5. The summed E-state index contributed by atoms with van der Waals surface area (Å²) in [6, 6.07) is 23.7. The summed E-state index contributed by atoms with van der Waals surface area (Å²) in [7, 11) is -3.43. The number of nitrogens with zero attached hydrogens (tertiary/aromatic N) is 1. The molecule has 0 aliphatic carbocycles. The van der Waals surface area contributed by atoms with Crippen LogP contribution < -0.4 is 5.32 Å². The van der Waals surface area contributed by atoms with Gasteiger partial charge in [-0.1, -0.05) is 42.5 Å². The number of sulfone groups is 1. The zero-order valence-electron chi connectivity index (χ0n) is 15.9. The molecule has 0 heterocycles. The van der Waals surface area contributed by atoms with E-state index < -0.39 is 9.84 Å². The third kappa shape index (κ3) is 5.09. The maximum Gasteiger partial charge on any atom is 0.251 e. The normalized spacial score (nSPS) is 12.0. The second-order valence-corrected chi connectivity index (χ2v) is 8.69. The average Bonchev–Trinajstić information content (AvgIpc) is 2.74. The molecule has 6 heteroatoms. The predicted octanol–water partition coefficient (Wildman–Crippen LogP) is 4.02. The summed E-state index contributed by atoms with van der Waals surface area (Å²) < 4.78 is 24.9. The van der Waals surface area contributed by atoms with Gasteiger partial charge in [-0.3, -0.25) is 4.79 Å². The number of nitrogens with one attached hydrogen (secondary N) is 1. The number of carbonyl (C=O) groups excluding carboxylic acids is 1. The first-order valence-electron chi connectivity index (χ1n) is 9.07. The molecule has 0 bridgehead atoms. The zero-order chi connectivity index (χ0) is 20.9. The van der Waals surface area contributed by atoms with Gasteiger partial charge in [-0.05, 0) is 54.4 Å². The fraction of sp³-hybridized carbons (Fsp3) is 0.130. The van der Waals surface area contributed by atoms with Gasteiger partial charge in [0.15, 0.2) is 9.84 Å². The van der Waals surface area contributed by atoms with Gasteiger partial charge >= 0.3 is 0 Å². The Labute approximate surface area is 170 Å². The lowest BCUT2D eigenvalue weighted by Crippen LogP contribution is -2.26. The lowest BCUT2D eigenvalue weighted by atomic mass is 10.1. The summed E-state index contributed by atoms with van der Waals surface area (Å²) in [4.78, 5) is 12.8. The van der Waals surface area contributed by atoms with E-state index in [2.05, 4.69) is 11.4 Å². The number of nitriles is 1. The van der Waals surface area contributed by atoms with Gasteiger partial charge in [0.05, 0.1) is 28.3 Å². The van der Waals surface area contributed by atoms with Gasteiger partial charge in [-0.15, -0.1) is 0 Å². The molecule has 0 spiro atoms. The van der Waals surface area contributed by atoms with Crippen molar-refractivity contribution in [3.8, 4) is 6.07 Å². The van der Waals surface area contributed by atoms with E-state index in [4.69, 9.17) is 5.26 Å². The van der Waals surface area contributed by atoms with Crippen molar-refractivity contribution in [3.63, 3.8) is 0 Å². The number of amides is 1. The van der Waals surface area contributed by atoms with Gasteiger partial charge < -0.3 is 5.32 Å². The molecule has 1 unspecified atom stereocenters. The number of hydrogen-bond donors (Lipinski definition) is 1. The summed E-state index contributed by atoms with van der Waals surface area (Å²) in [5.74, 6) is -0.375. The monoisotopic (exact) mass is 404 g/mol. The van der Waals surface area contributed by atoms with Crippen LogP contribution in [-0.4, -0.2) is 14.3 Å². The molecule has 0 saturated heterocycles. The van der Waals surface area contributed by atoms with Crippen LogP contribution in [0.5, 0.6) is 0 Å². The molecule has 0 aliphatic rings. The second-order valence-electron chi connectivity index (χ2n) is 6.70. The van der Waals surface area contributed by atoms with Crippen molar-refractivity contribution in [2.75, 3.05) is 0 Å². The Hall–Kier alpha value is -3.43. The van der Waals surface area contributed by atoms with E-state index in [0.29, 0.717) is 16.7 Å². The van der Waals surface area contributed by atoms with Crippen molar-refractivity contribution < 1.29 is 13.2 Å². The average molecular weight is 404 g/mol. The van der Waals surface area contributed by atoms with Crippen LogP contribution in [0.3, 0.4) is 0 Å². The molecule has 1 atom stereocenters. The fourth-order valence-electron chi connectivity index (χ4n) is 2.89. The van der Waals surface area contributed by atoms with Crippen LogP contribution in [0.1, 0.15) is 40.0 Å². The van der Waals surface area contributed by atoms with Gasteiger partial charge in [-0.25, -0.2) is 8.42 Å². The Morgan fingerprint density at radius 1 is 0.966 bits per heavy atom. The van der Waals surface area contributed by atoms with E-state index in [9.17, 15) is 13.2 Å². The highest BCUT2D eigenvalue weighted by Crippen LogP contribution is 2.18. The summed E-state index contributed by atoms with van der Waals surface area (Å²) in [6.45, 7) is 1.86. The largest absolute Gasteiger partial charge is 0.346 e. The Balaban J connectivity index is 1.66. The molecular weight excluding hydrogens is 384 g/mol. The number of rotatable bonds is 6. The minimum absolute atomic E-state index is 0.124. The summed E-state index contributed by atoms with van der Waals surface area (Å²) in [5, 5.41) is 11.8. The summed E-state index contributed by atoms with van der Waals surface area (Å²) >= 11 is 0. The number of hydrogen-bond acceptors (Lipinski definition) is 4. The van der Waals surface area contributed by atoms with E-state index in [-0.39, 0.29) is 22.6 Å². The highest BCUT2D eigenvalue weighted by Gasteiger charge is 2.16. The third-order valence-corrected chi connectivity index (χ3v) is 6.27. The molecule has 3 aromatic carbocycles. The van der Waals surface area contributed by atoms with Crippen LogP contribution in [0.4, 0.5) is 0 Å². The fourth-order valence-corrected chi connectivity index (χ4v) is 4.26. The molecule has 0 fully saturated rings. The van der Waals surface area contributed by atoms with Gasteiger partial charge in [-0.2, -0.15) is 5.26 Å². The minimum Gasteiger partial charge on any atom is -0.346 e. The smallest absolute Gasteiger partial charge is 0.251 e. The lowest BCUT2D eigenvalue weighted by Gasteiger charge is -2.14. The number of carbonyl (C=O) groups is 1. The predicted molar refractivity (Wildman–Crippen MR) is 111 cm³/mol. The molecule has 0 aliphatic heterocycles. The Bertz CT molecular complexity index is 1130. The van der Waals surface area contributed by atoms with Crippen LogP contribution in [0.15, 0.2) is 83.8 Å². The maximum absolute atomic E-state index is 12.5. The van der Waals surface area contributed by atoms with Crippen LogP contribution in [-0.2, 0) is 15.6 Å². The van der Waals surface area contributed by atoms with Gasteiger partial charge in [0.1, 0.15) is 0 Å². The van der Waals surface area contributed by atoms with Crippen LogP contribution >= 0.6 is 0 Å². The van der Waals surface area contributed by atoms with Crippen LogP contribution in [0, 0.1) is 11.3 Å². The molecule has 29 heavy (non-hydrogen) atoms. The SMILES string of the molecule is CC(NC(=O)c1ccc(CS(=O)(=O)c2ccccc2)cc1)c1ccc(C#N)cc1. The van der Waals surface area contributed by atoms with E-state index in [1.165, 1.54) is 0 Å². The van der Waals surface area contributed by atoms with Gasteiger partial charge in [0, 0.05) is 5.56 Å². The molecule has 0 aromatic heterocycles. The Morgan fingerprint density at radius 3 is 2.17 bits per heavy atom. The molecule has 1 N–H and O–H groups in total. The van der Waals surface area contributed by atoms with Crippen molar-refractivity contribution >= 4 is 15.7 Å². The van der Waals surface area contributed by atoms with E-state index in [1.54, 1.807) is 78.9 Å². The van der Waals surface area contributed by atoms with Crippen LogP contribution in [0.2, 0.25) is 0 Å². The minimum atomic E-state index is -3.43. The molecule has 146 valence electrons. The first-order chi connectivity index (χ1) is 13.9. The topological polar surface area (TPSA) is 87.0 Å². The molecular formula is C23H20N2O3S. The van der Waals surface area contributed by atoms with Gasteiger partial charge in [0.2, 0.25) is 0 Å². The molecule has 1 amide bonds. The molecule has 3 rings (SSSR count). The molecule has 0 saturated carbocycles. The molecule has 5 nitrogen and oxygen atoms in total. The number of benzene rings is 3. The highest BCUT2D eigenvalue weighted by molar-refractivity contribution is 7.90. The quantitative estimate of drug-likeness (QED) is 0.672. The second kappa shape index (κ2) is 8.72. The van der Waals surface area contributed by atoms with Crippen molar-refractivity contribution in [3.05, 3.63) is 101 Å². The first-order valence-corrected chi connectivity index (χ1v) is 10.7. The van der Waals surface area contributed by atoms with E-state index in [1.807, 2.05) is 6.92 Å². The Kier molecular flexibility index (Phi) is 6.10. The lowest BCUT2D eigenvalue weighted by molar-refractivity contribution is 0.0940. The van der Waals surface area contributed by atoms with E-state index >= 15 is 0 Å². The van der Waals surface area contributed by atoms with Crippen molar-refractivity contribution in [2.24, 2.45) is 0 Å². The molecule has 0 radical (unpaired) electrons. The van der Waals surface area contributed by atoms with E-state index in [0.717, 1.165) is 5.56 Å². The summed E-state index contributed by atoms with van der Waals surface area (Å²) in [5.41, 5.74) is 2.52. The summed E-state index contributed by atoms with van der Waals surface area (Å²) in [6.07, 6.45) is 0. The van der Waals surface area contributed by atoms with Gasteiger partial charge in [0.25, 0.3) is 5.91 Å². The van der Waals surface area contributed by atoms with Crippen LogP contribution in [0.25, 0.3) is 0 Å². The first kappa shape index (κ1) is 20.3. The highest BCUT2D eigenvalue weighted by atomic mass is 32.2. The van der Waals surface area contributed by atoms with Crippen molar-refractivity contribution in [1.82, 2.24) is 5.32 Å². The molecule has 3 aromatic rings. The zero-order valence-corrected chi connectivity index (χ0v) is 16.7. The van der Waals surface area contributed by atoms with Crippen molar-refractivity contribution in [1.29, 1.82) is 5.26 Å². The third-order valence-electron chi connectivity index (χ3n) is 4.56. The Morgan fingerprint density at radius 2 is 1.59 bits per heavy atom.